The minimum atomic E-state index is -0.801. The molecule has 0 spiro atoms. The molecular formula is C17H35PRu. The van der Waals surface area contributed by atoms with Gasteiger partial charge in [-0.05, 0) is 51.6 Å². The molecule has 0 aliphatic heterocycles. The third kappa shape index (κ3) is 11.0. The van der Waals surface area contributed by atoms with Gasteiger partial charge < -0.3 is 0 Å². The Bertz CT molecular complexity index is 246. The molecule has 0 atom stereocenters. The number of allylic oxidation sites excluding steroid dienone is 2. The zero-order valence-electron chi connectivity index (χ0n) is 13.8. The number of rotatable bonds is 10. The molecule has 0 saturated heterocycles. The zero-order chi connectivity index (χ0) is 13.9. The van der Waals surface area contributed by atoms with Gasteiger partial charge in [0.05, 0.1) is 0 Å². The van der Waals surface area contributed by atoms with E-state index in [4.69, 9.17) is 0 Å². The molecule has 0 amide bonds. The minimum absolute atomic E-state index is 0. The van der Waals surface area contributed by atoms with Gasteiger partial charge in [0, 0.05) is 19.5 Å². The van der Waals surface area contributed by atoms with Crippen LogP contribution in [0.25, 0.3) is 0 Å². The van der Waals surface area contributed by atoms with E-state index in [-0.39, 0.29) is 19.5 Å². The summed E-state index contributed by atoms with van der Waals surface area (Å²) in [4.78, 5) is 0. The Balaban J connectivity index is 0. The molecule has 116 valence electrons. The van der Waals surface area contributed by atoms with Crippen LogP contribution in [0.15, 0.2) is 11.6 Å². The van der Waals surface area contributed by atoms with Gasteiger partial charge in [-0.3, -0.25) is 0 Å². The molecule has 0 aromatic carbocycles. The number of unbranched alkanes of at least 4 members (excludes halogenated alkanes) is 3. The first kappa shape index (κ1) is 22.0. The van der Waals surface area contributed by atoms with Gasteiger partial charge in [0.25, 0.3) is 0 Å². The van der Waals surface area contributed by atoms with E-state index in [9.17, 15) is 0 Å². The quantitative estimate of drug-likeness (QED) is 0.318. The Morgan fingerprint density at radius 1 is 0.789 bits per heavy atom. The summed E-state index contributed by atoms with van der Waals surface area (Å²) in [5, 5.41) is 0. The van der Waals surface area contributed by atoms with E-state index in [1.54, 1.807) is 0 Å². The molecule has 0 bridgehead atoms. The van der Waals surface area contributed by atoms with Crippen LogP contribution in [0.3, 0.4) is 0 Å². The summed E-state index contributed by atoms with van der Waals surface area (Å²) >= 11 is 0. The average Bonchev–Trinajstić information content (AvgIpc) is 2.37. The van der Waals surface area contributed by atoms with Crippen LogP contribution < -0.4 is 0 Å². The van der Waals surface area contributed by atoms with E-state index >= 15 is 0 Å². The van der Waals surface area contributed by atoms with Crippen LogP contribution >= 0.6 is 6.89 Å². The maximum absolute atomic E-state index is 2.66. The fourth-order valence-electron chi connectivity index (χ4n) is 2.29. The van der Waals surface area contributed by atoms with Crippen molar-refractivity contribution in [1.29, 1.82) is 0 Å². The summed E-state index contributed by atoms with van der Waals surface area (Å²) in [7, 11) is 0. The Hall–Kier alpha value is 0.663. The topological polar surface area (TPSA) is 0 Å². The van der Waals surface area contributed by atoms with Crippen LogP contribution in [0.2, 0.25) is 0 Å². The molecular weight excluding hydrogens is 336 g/mol. The Morgan fingerprint density at radius 3 is 1.42 bits per heavy atom. The second kappa shape index (κ2) is 13.6. The van der Waals surface area contributed by atoms with E-state index in [1.807, 2.05) is 0 Å². The molecule has 0 unspecified atom stereocenters. The zero-order valence-corrected chi connectivity index (χ0v) is 16.5. The van der Waals surface area contributed by atoms with Crippen molar-refractivity contribution in [3.8, 4) is 0 Å². The average molecular weight is 372 g/mol. The van der Waals surface area contributed by atoms with Gasteiger partial charge in [0.1, 0.15) is 0 Å². The standard InChI is InChI=1S/C17H35P.Ru/c1-6-9-13-18(14-10-7-2,15-11-8-3)16-12-17(4)5;/h12,16H,6-11,13-15H2,1-5H3;. The molecule has 0 radical (unpaired) electrons. The monoisotopic (exact) mass is 372 g/mol. The van der Waals surface area contributed by atoms with Crippen molar-refractivity contribution in [1.82, 2.24) is 0 Å². The Kier molecular flexibility index (Phi) is 15.8. The first-order valence-corrected chi connectivity index (χ1v) is 10.4. The molecule has 0 fully saturated rings. The molecule has 0 aliphatic carbocycles. The van der Waals surface area contributed by atoms with Gasteiger partial charge in [-0.25, -0.2) is 0 Å². The summed E-state index contributed by atoms with van der Waals surface area (Å²) in [6.45, 7) is 10.6. The van der Waals surface area contributed by atoms with Crippen molar-refractivity contribution in [2.75, 3.05) is 18.5 Å². The summed E-state index contributed by atoms with van der Waals surface area (Å²) in [5.41, 5.74) is 1.46. The summed E-state index contributed by atoms with van der Waals surface area (Å²) in [6.07, 6.45) is 15.2. The van der Waals surface area contributed by atoms with Gasteiger partial charge in [0.2, 0.25) is 0 Å². The third-order valence-electron chi connectivity index (χ3n) is 3.60. The van der Waals surface area contributed by atoms with Crippen molar-refractivity contribution < 1.29 is 19.5 Å². The first-order chi connectivity index (χ1) is 8.60. The fraction of sp³-hybridized carbons (Fsp3) is 0.824. The fourth-order valence-corrected chi connectivity index (χ4v) is 6.86. The third-order valence-corrected chi connectivity index (χ3v) is 8.00. The predicted molar refractivity (Wildman–Crippen MR) is 91.7 cm³/mol. The summed E-state index contributed by atoms with van der Waals surface area (Å²) in [5.74, 6) is 2.66. The number of hydrogen-bond acceptors (Lipinski definition) is 0. The van der Waals surface area contributed by atoms with Gasteiger partial charge in [-0.2, -0.15) is 0 Å². The van der Waals surface area contributed by atoms with E-state index in [0.717, 1.165) is 0 Å². The van der Waals surface area contributed by atoms with Gasteiger partial charge in [-0.1, -0.05) is 57.5 Å². The van der Waals surface area contributed by atoms with Crippen molar-refractivity contribution in [3.63, 3.8) is 0 Å². The second-order valence-electron chi connectivity index (χ2n) is 5.84. The smallest absolute Gasteiger partial charge is 0 e. The van der Waals surface area contributed by atoms with E-state index in [2.05, 4.69) is 46.5 Å². The molecule has 0 aromatic heterocycles. The van der Waals surface area contributed by atoms with Crippen molar-refractivity contribution >= 4 is 12.7 Å². The van der Waals surface area contributed by atoms with Crippen molar-refractivity contribution in [2.45, 2.75) is 73.1 Å². The van der Waals surface area contributed by atoms with Crippen LogP contribution in [-0.2, 0) is 19.5 Å². The summed E-state index contributed by atoms with van der Waals surface area (Å²) < 4.78 is 0. The molecule has 2 heteroatoms. The predicted octanol–water partition coefficient (Wildman–Crippen LogP) is 6.17. The molecule has 0 rings (SSSR count). The van der Waals surface area contributed by atoms with Crippen LogP contribution in [0.5, 0.6) is 0 Å². The number of hydrogen-bond donors (Lipinski definition) is 0. The van der Waals surface area contributed by atoms with Gasteiger partial charge in [0.15, 0.2) is 0 Å². The molecule has 0 aromatic rings. The van der Waals surface area contributed by atoms with Crippen molar-refractivity contribution in [3.05, 3.63) is 11.6 Å². The van der Waals surface area contributed by atoms with E-state index < -0.39 is 6.89 Å². The summed E-state index contributed by atoms with van der Waals surface area (Å²) in [6, 6.07) is 0. The van der Waals surface area contributed by atoms with Crippen LogP contribution in [0, 0.1) is 0 Å². The van der Waals surface area contributed by atoms with Crippen LogP contribution in [-0.4, -0.2) is 24.3 Å². The van der Waals surface area contributed by atoms with Gasteiger partial charge >= 0.3 is 0 Å². The second-order valence-corrected chi connectivity index (χ2v) is 9.92. The largest absolute Gasteiger partial charge is 0.105 e. The Labute approximate surface area is 135 Å². The Morgan fingerprint density at radius 2 is 1.16 bits per heavy atom. The van der Waals surface area contributed by atoms with Crippen molar-refractivity contribution in [2.24, 2.45) is 0 Å². The molecule has 0 N–H and O–H groups in total. The molecule has 19 heavy (non-hydrogen) atoms. The molecule has 0 nitrogen and oxygen atoms in total. The molecule has 0 heterocycles. The van der Waals surface area contributed by atoms with Gasteiger partial charge in [-0.15, -0.1) is 6.89 Å². The van der Waals surface area contributed by atoms with E-state index in [0.29, 0.717) is 0 Å². The SMILES string of the molecule is CCCCP(=CC=C(C)C)(CCCC)CCCC.[Ru]. The first-order valence-electron chi connectivity index (χ1n) is 7.95. The normalized spacial score (nSPS) is 10.8. The van der Waals surface area contributed by atoms with Crippen LogP contribution in [0.1, 0.15) is 73.1 Å². The molecule has 0 saturated carbocycles. The maximum Gasteiger partial charge on any atom is 0 e. The maximum atomic E-state index is 2.66. The van der Waals surface area contributed by atoms with E-state index in [1.165, 1.54) is 62.6 Å². The molecule has 0 aliphatic rings. The minimum Gasteiger partial charge on any atom is -0.105 e. The van der Waals surface area contributed by atoms with Crippen LogP contribution in [0.4, 0.5) is 0 Å².